The van der Waals surface area contributed by atoms with Gasteiger partial charge < -0.3 is 28.8 Å². The molecule has 0 aliphatic carbocycles. The molecule has 0 saturated carbocycles. The van der Waals surface area contributed by atoms with Gasteiger partial charge in [0.2, 0.25) is 0 Å². The van der Waals surface area contributed by atoms with Crippen molar-refractivity contribution in [3.05, 3.63) is 41.0 Å². The molecule has 31 heavy (non-hydrogen) atoms. The smallest absolute Gasteiger partial charge is 0.178 e. The van der Waals surface area contributed by atoms with Gasteiger partial charge in [-0.3, -0.25) is 4.79 Å². The van der Waals surface area contributed by atoms with Gasteiger partial charge in [0.05, 0.1) is 25.7 Å². The topological polar surface area (TPSA) is 83.5 Å². The molecule has 3 aliphatic heterocycles. The average molecular weight is 534 g/mol. The molecule has 5 rings (SSSR count). The minimum absolute atomic E-state index is 0.0186. The van der Waals surface area contributed by atoms with Crippen LogP contribution in [0.3, 0.4) is 0 Å². The van der Waals surface area contributed by atoms with Crippen LogP contribution in [0.1, 0.15) is 34.3 Å². The van der Waals surface area contributed by atoms with E-state index in [4.69, 9.17) is 23.7 Å². The van der Waals surface area contributed by atoms with Crippen LogP contribution in [0, 0.1) is 0 Å². The molecule has 1 unspecified atom stereocenters. The molecule has 3 aliphatic rings. The van der Waals surface area contributed by atoms with Gasteiger partial charge in [-0.25, -0.2) is 0 Å². The number of aliphatic hydroxyl groups is 1. The Kier molecular flexibility index (Phi) is 4.97. The number of hydrogen-bond acceptors (Lipinski definition) is 7. The second kappa shape index (κ2) is 7.44. The SMILES string of the molecule is COc1cc2c(cc1OC)[C@@H]1C(=O)c3ccc4c(c3O[C@@H]1CO2)CC([C@@](C)(O)C[123I])O4. The van der Waals surface area contributed by atoms with Crippen molar-refractivity contribution in [2.45, 2.75) is 37.1 Å². The highest BCUT2D eigenvalue weighted by Gasteiger charge is 2.47. The van der Waals surface area contributed by atoms with Gasteiger partial charge in [0.1, 0.15) is 41.7 Å². The van der Waals surface area contributed by atoms with Gasteiger partial charge in [-0.1, -0.05) is 22.6 Å². The van der Waals surface area contributed by atoms with Crippen LogP contribution in [0.5, 0.6) is 28.7 Å². The molecule has 1 N–H and O–H groups in total. The third kappa shape index (κ3) is 3.14. The highest BCUT2D eigenvalue weighted by atomic mass is 123. The Morgan fingerprint density at radius 3 is 2.61 bits per heavy atom. The Morgan fingerprint density at radius 1 is 1.16 bits per heavy atom. The van der Waals surface area contributed by atoms with Crippen LogP contribution in [-0.2, 0) is 6.42 Å². The van der Waals surface area contributed by atoms with Gasteiger partial charge in [-0.2, -0.15) is 0 Å². The molecule has 2 aromatic carbocycles. The highest BCUT2D eigenvalue weighted by molar-refractivity contribution is 14.1. The molecular weight excluding hydrogens is 511 g/mol. The Morgan fingerprint density at radius 2 is 1.90 bits per heavy atom. The molecule has 3 heterocycles. The normalized spacial score (nSPS) is 24.9. The first kappa shape index (κ1) is 20.7. The maximum absolute atomic E-state index is 13.6. The Hall–Kier alpha value is -2.20. The van der Waals surface area contributed by atoms with Crippen LogP contribution >= 0.6 is 22.6 Å². The fourth-order valence-corrected chi connectivity index (χ4v) is 4.99. The summed E-state index contributed by atoms with van der Waals surface area (Å²) < 4.78 is 29.6. The number of methoxy groups -OCH3 is 2. The number of carbonyl (C=O) groups is 1. The van der Waals surface area contributed by atoms with Crippen molar-refractivity contribution in [1.29, 1.82) is 0 Å². The predicted molar refractivity (Wildman–Crippen MR) is 121 cm³/mol. The molecule has 0 amide bonds. The van der Waals surface area contributed by atoms with E-state index in [0.29, 0.717) is 45.2 Å². The van der Waals surface area contributed by atoms with E-state index in [1.165, 1.54) is 0 Å². The Balaban J connectivity index is 1.55. The summed E-state index contributed by atoms with van der Waals surface area (Å²) in [5.74, 6) is 2.37. The number of Topliss-reactive ketones (excluding diaryl/α,β-unsaturated/α-hetero) is 1. The molecule has 0 aromatic heterocycles. The van der Waals surface area contributed by atoms with E-state index in [2.05, 4.69) is 22.6 Å². The number of fused-ring (bicyclic) bond motifs is 6. The largest absolute Gasteiger partial charge is 0.493 e. The molecule has 4 atom stereocenters. The summed E-state index contributed by atoms with van der Waals surface area (Å²) in [6, 6.07) is 7.10. The average Bonchev–Trinajstić information content (AvgIpc) is 3.23. The minimum Gasteiger partial charge on any atom is -0.493 e. The van der Waals surface area contributed by atoms with Crippen LogP contribution in [-0.4, -0.2) is 54.0 Å². The zero-order valence-corrected chi connectivity index (χ0v) is 19.6. The van der Waals surface area contributed by atoms with Crippen LogP contribution in [0.15, 0.2) is 24.3 Å². The molecule has 0 bridgehead atoms. The van der Waals surface area contributed by atoms with Crippen LogP contribution in [0.25, 0.3) is 0 Å². The standard InChI is InChI=1S/C23H23IO7/c1-23(26,10-24)19-7-13-14(30-19)5-4-11-21(25)20-12-6-16(27-2)17(28-3)8-15(12)29-9-18(20)31-22(11)13/h4-6,8,18-20,26H,7,9-10H2,1-3H3/t18-,19?,20+,23+/m1/s1/i24-4. The molecule has 164 valence electrons. The molecule has 8 heteroatoms. The summed E-state index contributed by atoms with van der Waals surface area (Å²) in [5, 5.41) is 10.7. The summed E-state index contributed by atoms with van der Waals surface area (Å²) in [7, 11) is 3.12. The first-order valence-corrected chi connectivity index (χ1v) is 11.6. The highest BCUT2D eigenvalue weighted by Crippen LogP contribution is 2.50. The summed E-state index contributed by atoms with van der Waals surface area (Å²) in [5.41, 5.74) is 1.11. The first-order valence-electron chi connectivity index (χ1n) is 10.1. The van der Waals surface area contributed by atoms with Gasteiger partial charge in [-0.05, 0) is 25.1 Å². The van der Waals surface area contributed by atoms with Gasteiger partial charge >= 0.3 is 0 Å². The van der Waals surface area contributed by atoms with Gasteiger partial charge in [0, 0.05) is 28.0 Å². The monoisotopic (exact) mass is 534 g/mol. The van der Waals surface area contributed by atoms with Crippen LogP contribution in [0.2, 0.25) is 0 Å². The third-order valence-corrected chi connectivity index (χ3v) is 7.83. The zero-order valence-electron chi connectivity index (χ0n) is 17.4. The van der Waals surface area contributed by atoms with E-state index in [-0.39, 0.29) is 18.5 Å². The van der Waals surface area contributed by atoms with Crippen molar-refractivity contribution in [3.8, 4) is 28.7 Å². The third-order valence-electron chi connectivity index (χ3n) is 6.28. The lowest BCUT2D eigenvalue weighted by Crippen LogP contribution is -2.44. The van der Waals surface area contributed by atoms with E-state index in [9.17, 15) is 9.90 Å². The quantitative estimate of drug-likeness (QED) is 0.476. The number of halogens is 1. The predicted octanol–water partition coefficient (Wildman–Crippen LogP) is 3.31. The maximum Gasteiger partial charge on any atom is 0.178 e. The lowest BCUT2D eigenvalue weighted by molar-refractivity contribution is -0.0167. The van der Waals surface area contributed by atoms with E-state index in [1.807, 2.05) is 0 Å². The molecule has 0 saturated heterocycles. The molecule has 0 radical (unpaired) electrons. The number of benzene rings is 2. The number of ketones is 1. The lowest BCUT2D eigenvalue weighted by atomic mass is 9.81. The fourth-order valence-electron chi connectivity index (χ4n) is 4.50. The molecule has 0 fully saturated rings. The molecule has 2 aromatic rings. The van der Waals surface area contributed by atoms with Crippen molar-refractivity contribution < 1.29 is 33.6 Å². The fraction of sp³-hybridized carbons (Fsp3) is 0.435. The second-order valence-corrected chi connectivity index (χ2v) is 9.04. The second-order valence-electron chi connectivity index (χ2n) is 8.27. The number of hydrogen-bond donors (Lipinski definition) is 1. The molecule has 7 nitrogen and oxygen atoms in total. The van der Waals surface area contributed by atoms with Crippen molar-refractivity contribution in [2.24, 2.45) is 0 Å². The van der Waals surface area contributed by atoms with E-state index in [1.54, 1.807) is 45.4 Å². The summed E-state index contributed by atoms with van der Waals surface area (Å²) in [6.45, 7) is 2.01. The summed E-state index contributed by atoms with van der Waals surface area (Å²) in [6.07, 6.45) is -0.356. The van der Waals surface area contributed by atoms with Crippen molar-refractivity contribution in [3.63, 3.8) is 0 Å². The van der Waals surface area contributed by atoms with Crippen molar-refractivity contribution in [2.75, 3.05) is 25.3 Å². The Labute approximate surface area is 193 Å². The summed E-state index contributed by atoms with van der Waals surface area (Å²) >= 11 is 2.15. The van der Waals surface area contributed by atoms with Crippen molar-refractivity contribution >= 4 is 28.4 Å². The van der Waals surface area contributed by atoms with Gasteiger partial charge in [0.25, 0.3) is 0 Å². The number of alkyl halides is 1. The van der Waals surface area contributed by atoms with Crippen LogP contribution < -0.4 is 23.7 Å². The van der Waals surface area contributed by atoms with E-state index < -0.39 is 17.6 Å². The molecule has 0 spiro atoms. The Bertz CT molecular complexity index is 1060. The zero-order chi connectivity index (χ0) is 21.9. The number of ether oxygens (including phenoxy) is 5. The van der Waals surface area contributed by atoms with Crippen LogP contribution in [0.4, 0.5) is 0 Å². The van der Waals surface area contributed by atoms with E-state index >= 15 is 0 Å². The van der Waals surface area contributed by atoms with E-state index in [0.717, 1.165) is 11.1 Å². The first-order chi connectivity index (χ1) is 14.9. The minimum atomic E-state index is -0.976. The lowest BCUT2D eigenvalue weighted by Gasteiger charge is -2.37. The number of carbonyl (C=O) groups excluding carboxylic acids is 1. The van der Waals surface area contributed by atoms with Crippen molar-refractivity contribution in [1.82, 2.24) is 0 Å². The number of rotatable bonds is 4. The van der Waals surface area contributed by atoms with Gasteiger partial charge in [0.15, 0.2) is 17.3 Å². The maximum atomic E-state index is 13.6. The molecular formula is C23H23IO7. The van der Waals surface area contributed by atoms with Gasteiger partial charge in [-0.15, -0.1) is 0 Å². The summed E-state index contributed by atoms with van der Waals surface area (Å²) in [4.78, 5) is 13.6.